The molecule has 2 heterocycles. The summed E-state index contributed by atoms with van der Waals surface area (Å²) in [5, 5.41) is 0.822. The lowest BCUT2D eigenvalue weighted by atomic mass is 9.93. The van der Waals surface area contributed by atoms with Gasteiger partial charge in [0.2, 0.25) is 5.91 Å². The number of likely N-dealkylation sites (N-methyl/N-ethyl adjacent to an activating group) is 1. The summed E-state index contributed by atoms with van der Waals surface area (Å²) < 4.78 is 58.4. The van der Waals surface area contributed by atoms with Crippen molar-refractivity contribution in [3.05, 3.63) is 69.0 Å². The molecule has 0 radical (unpaired) electrons. The Morgan fingerprint density at radius 1 is 1.08 bits per heavy atom. The van der Waals surface area contributed by atoms with Crippen molar-refractivity contribution in [2.75, 3.05) is 53.0 Å². The van der Waals surface area contributed by atoms with E-state index in [0.29, 0.717) is 55.0 Å². The van der Waals surface area contributed by atoms with Crippen LogP contribution in [0.5, 0.6) is 0 Å². The van der Waals surface area contributed by atoms with Crippen molar-refractivity contribution in [1.29, 1.82) is 0 Å². The highest BCUT2D eigenvalue weighted by molar-refractivity contribution is 6.42. The predicted octanol–water partition coefficient (Wildman–Crippen LogP) is 4.91. The van der Waals surface area contributed by atoms with Gasteiger partial charge in [0.15, 0.2) is 0 Å². The quantitative estimate of drug-likeness (QED) is 0.481. The van der Waals surface area contributed by atoms with Gasteiger partial charge in [0.1, 0.15) is 5.82 Å². The number of morpholine rings is 1. The average molecular weight is 548 g/mol. The van der Waals surface area contributed by atoms with Crippen LogP contribution in [-0.2, 0) is 22.3 Å². The van der Waals surface area contributed by atoms with Gasteiger partial charge in [0, 0.05) is 44.7 Å². The lowest BCUT2D eigenvalue weighted by Crippen LogP contribution is -2.45. The smallest absolute Gasteiger partial charge is 0.379 e. The lowest BCUT2D eigenvalue weighted by molar-refractivity contribution is -0.140. The molecule has 2 fully saturated rings. The topological polar surface area (TPSA) is 36.0 Å². The van der Waals surface area contributed by atoms with Crippen molar-refractivity contribution in [3.63, 3.8) is 0 Å². The second-order valence-electron chi connectivity index (χ2n) is 9.26. The first kappa shape index (κ1) is 27.1. The van der Waals surface area contributed by atoms with Crippen LogP contribution in [-0.4, -0.2) is 79.6 Å². The second kappa shape index (κ2) is 11.2. The van der Waals surface area contributed by atoms with Gasteiger partial charge in [-0.3, -0.25) is 14.6 Å². The summed E-state index contributed by atoms with van der Waals surface area (Å²) in [4.78, 5) is 18.9. The average Bonchev–Trinajstić information content (AvgIpc) is 3.27. The van der Waals surface area contributed by atoms with Gasteiger partial charge in [-0.05, 0) is 42.4 Å². The number of carbonyl (C=O) groups excluding carboxylic acids is 1. The van der Waals surface area contributed by atoms with Crippen LogP contribution in [0.3, 0.4) is 0 Å². The minimum Gasteiger partial charge on any atom is -0.379 e. The van der Waals surface area contributed by atoms with Gasteiger partial charge >= 0.3 is 6.18 Å². The number of ether oxygens (including phenoxy) is 1. The van der Waals surface area contributed by atoms with Crippen LogP contribution in [0.25, 0.3) is 0 Å². The van der Waals surface area contributed by atoms with Crippen LogP contribution in [0.15, 0.2) is 36.4 Å². The molecule has 36 heavy (non-hydrogen) atoms. The summed E-state index contributed by atoms with van der Waals surface area (Å²) in [6, 6.07) is 8.16. The Morgan fingerprint density at radius 2 is 1.81 bits per heavy atom. The molecule has 0 N–H and O–H groups in total. The number of benzene rings is 2. The van der Waals surface area contributed by atoms with Crippen LogP contribution in [0.1, 0.15) is 22.6 Å². The zero-order valence-electron chi connectivity index (χ0n) is 19.7. The fourth-order valence-corrected chi connectivity index (χ4v) is 5.16. The molecule has 2 aliphatic rings. The summed E-state index contributed by atoms with van der Waals surface area (Å²) in [5.41, 5.74) is 0.0267. The maximum atomic E-state index is 14.2. The summed E-state index contributed by atoms with van der Waals surface area (Å²) in [7, 11) is 1.82. The molecule has 11 heteroatoms. The van der Waals surface area contributed by atoms with E-state index in [1.807, 2.05) is 18.0 Å². The van der Waals surface area contributed by atoms with Crippen LogP contribution in [0.2, 0.25) is 10.0 Å². The summed E-state index contributed by atoms with van der Waals surface area (Å²) in [6.45, 7) is 3.95. The number of carbonyl (C=O) groups is 1. The molecule has 0 spiro atoms. The molecular formula is C25H27Cl2F4N3O2. The van der Waals surface area contributed by atoms with E-state index >= 15 is 0 Å². The van der Waals surface area contributed by atoms with E-state index in [1.165, 1.54) is 6.07 Å². The van der Waals surface area contributed by atoms with Crippen molar-refractivity contribution in [2.45, 2.75) is 24.7 Å². The van der Waals surface area contributed by atoms with Crippen molar-refractivity contribution in [1.82, 2.24) is 14.7 Å². The van der Waals surface area contributed by atoms with E-state index in [4.69, 9.17) is 27.9 Å². The second-order valence-corrected chi connectivity index (χ2v) is 10.1. The number of hydrogen-bond acceptors (Lipinski definition) is 4. The highest BCUT2D eigenvalue weighted by Gasteiger charge is 2.39. The largest absolute Gasteiger partial charge is 0.419 e. The summed E-state index contributed by atoms with van der Waals surface area (Å²) in [6.07, 6.45) is -4.75. The SMILES string of the molecule is CN(Cc1ccc(C(F)(F)F)c(F)c1)[C@H]1CN(C(=O)CN2CCOCC2)C[C@@H]1c1ccc(Cl)c(Cl)c1. The van der Waals surface area contributed by atoms with E-state index < -0.39 is 17.6 Å². The third-order valence-electron chi connectivity index (χ3n) is 6.81. The number of hydrogen-bond donors (Lipinski definition) is 0. The van der Waals surface area contributed by atoms with E-state index in [-0.39, 0.29) is 31.0 Å². The van der Waals surface area contributed by atoms with Crippen molar-refractivity contribution >= 4 is 29.1 Å². The van der Waals surface area contributed by atoms with Gasteiger partial charge < -0.3 is 9.64 Å². The fourth-order valence-electron chi connectivity index (χ4n) is 4.85. The maximum Gasteiger partial charge on any atom is 0.419 e. The van der Waals surface area contributed by atoms with Crippen LogP contribution in [0, 0.1) is 5.82 Å². The standard InChI is InChI=1S/C25H27Cl2F4N3O2/c1-32(12-16-2-4-19(22(28)10-16)25(29,30)31)23-14-34(24(35)15-33-6-8-36-9-7-33)13-18(23)17-3-5-20(26)21(27)11-17/h2-5,10-11,18,23H,6-9,12-15H2,1H3/t18-,23+/m1/s1. The van der Waals surface area contributed by atoms with Gasteiger partial charge in [0.05, 0.1) is 35.4 Å². The zero-order chi connectivity index (χ0) is 26.0. The Kier molecular flexibility index (Phi) is 8.46. The first-order valence-electron chi connectivity index (χ1n) is 11.6. The van der Waals surface area contributed by atoms with Crippen molar-refractivity contribution in [3.8, 4) is 0 Å². The highest BCUT2D eigenvalue weighted by atomic mass is 35.5. The number of nitrogens with zero attached hydrogens (tertiary/aromatic N) is 3. The van der Waals surface area contributed by atoms with Crippen LogP contribution >= 0.6 is 23.2 Å². The number of likely N-dealkylation sites (tertiary alicyclic amines) is 1. The van der Waals surface area contributed by atoms with Gasteiger partial charge in [-0.1, -0.05) is 35.3 Å². The Hall–Kier alpha value is -1.91. The van der Waals surface area contributed by atoms with Crippen molar-refractivity contribution in [2.24, 2.45) is 0 Å². The van der Waals surface area contributed by atoms with Gasteiger partial charge in [-0.15, -0.1) is 0 Å². The van der Waals surface area contributed by atoms with E-state index in [2.05, 4.69) is 4.90 Å². The van der Waals surface area contributed by atoms with Gasteiger partial charge in [-0.25, -0.2) is 4.39 Å². The van der Waals surface area contributed by atoms with E-state index in [1.54, 1.807) is 17.0 Å². The monoisotopic (exact) mass is 547 g/mol. The first-order valence-corrected chi connectivity index (χ1v) is 12.4. The lowest BCUT2D eigenvalue weighted by Gasteiger charge is -2.29. The molecule has 0 unspecified atom stereocenters. The third-order valence-corrected chi connectivity index (χ3v) is 7.55. The molecule has 0 bridgehead atoms. The summed E-state index contributed by atoms with van der Waals surface area (Å²) >= 11 is 12.4. The Balaban J connectivity index is 1.53. The number of rotatable bonds is 6. The maximum absolute atomic E-state index is 14.2. The summed E-state index contributed by atoms with van der Waals surface area (Å²) in [5.74, 6) is -1.42. The Labute approximate surface area is 217 Å². The molecule has 1 amide bonds. The molecule has 196 valence electrons. The minimum atomic E-state index is -4.75. The number of amides is 1. The molecular weight excluding hydrogens is 521 g/mol. The predicted molar refractivity (Wildman–Crippen MR) is 130 cm³/mol. The fraction of sp³-hybridized carbons (Fsp3) is 0.480. The Morgan fingerprint density at radius 3 is 2.44 bits per heavy atom. The molecule has 4 rings (SSSR count). The van der Waals surface area contributed by atoms with Gasteiger partial charge in [-0.2, -0.15) is 13.2 Å². The molecule has 0 saturated carbocycles. The minimum absolute atomic E-state index is 0.00145. The molecule has 2 aromatic carbocycles. The first-order chi connectivity index (χ1) is 17.0. The molecule has 5 nitrogen and oxygen atoms in total. The zero-order valence-corrected chi connectivity index (χ0v) is 21.2. The number of alkyl halides is 3. The molecule has 2 saturated heterocycles. The molecule has 2 aromatic rings. The molecule has 0 aromatic heterocycles. The molecule has 0 aliphatic carbocycles. The Bertz CT molecular complexity index is 1100. The normalized spacial score (nSPS) is 21.4. The van der Waals surface area contributed by atoms with E-state index in [9.17, 15) is 22.4 Å². The van der Waals surface area contributed by atoms with Crippen molar-refractivity contribution < 1.29 is 27.1 Å². The number of halogens is 6. The highest BCUT2D eigenvalue weighted by Crippen LogP contribution is 2.36. The van der Waals surface area contributed by atoms with Crippen LogP contribution in [0.4, 0.5) is 17.6 Å². The van der Waals surface area contributed by atoms with E-state index in [0.717, 1.165) is 17.7 Å². The molecule has 2 atom stereocenters. The van der Waals surface area contributed by atoms with Crippen LogP contribution < -0.4 is 0 Å². The molecule has 2 aliphatic heterocycles. The third kappa shape index (κ3) is 6.31. The van der Waals surface area contributed by atoms with Gasteiger partial charge in [0.25, 0.3) is 0 Å².